The number of rotatable bonds is 3. The van der Waals surface area contributed by atoms with Crippen LogP contribution in [-0.2, 0) is 0 Å². The van der Waals surface area contributed by atoms with E-state index >= 15 is 0 Å². The van der Waals surface area contributed by atoms with E-state index in [9.17, 15) is 0 Å². The highest BCUT2D eigenvalue weighted by Gasteiger charge is 2.19. The van der Waals surface area contributed by atoms with E-state index in [0.29, 0.717) is 0 Å². The van der Waals surface area contributed by atoms with Gasteiger partial charge in [0.1, 0.15) is 0 Å². The Kier molecular flexibility index (Phi) is 4.40. The summed E-state index contributed by atoms with van der Waals surface area (Å²) in [4.78, 5) is 2.96. The second-order valence-corrected chi connectivity index (χ2v) is 10.1. The first-order chi connectivity index (χ1) is 10.2. The molecule has 0 aromatic heterocycles. The molecule has 3 rings (SSSR count). The summed E-state index contributed by atoms with van der Waals surface area (Å²) in [5, 5.41) is 0. The summed E-state index contributed by atoms with van der Waals surface area (Å²) in [5.74, 6) is 0.808. The lowest BCUT2D eigenvalue weighted by Crippen LogP contribution is -2.05. The van der Waals surface area contributed by atoms with Gasteiger partial charge in [-0.25, -0.2) is 0 Å². The largest absolute Gasteiger partial charge is 0.194 e. The van der Waals surface area contributed by atoms with Gasteiger partial charge in [0, 0.05) is 0 Å². The van der Waals surface area contributed by atoms with Crippen molar-refractivity contribution in [2.45, 2.75) is 47.8 Å². The van der Waals surface area contributed by atoms with E-state index < -0.39 is 10.0 Å². The molecule has 0 atom stereocenters. The highest BCUT2D eigenvalue weighted by molar-refractivity contribution is 8.32. The van der Waals surface area contributed by atoms with Crippen LogP contribution in [0, 0.1) is 0 Å². The summed E-state index contributed by atoms with van der Waals surface area (Å²) in [6.45, 7) is 0. The normalized spacial score (nSPS) is 17.6. The fourth-order valence-corrected chi connectivity index (χ4v) is 5.34. The van der Waals surface area contributed by atoms with E-state index in [0.717, 1.165) is 5.92 Å². The topological polar surface area (TPSA) is 0 Å². The Labute approximate surface area is 130 Å². The minimum Gasteiger partial charge on any atom is -0.194 e. The van der Waals surface area contributed by atoms with Crippen LogP contribution in [0.4, 0.5) is 0 Å². The molecule has 0 bridgehead atoms. The van der Waals surface area contributed by atoms with Crippen LogP contribution in [-0.4, -0.2) is 12.5 Å². The molecule has 112 valence electrons. The van der Waals surface area contributed by atoms with E-state index in [4.69, 9.17) is 0 Å². The van der Waals surface area contributed by atoms with E-state index in [-0.39, 0.29) is 0 Å². The van der Waals surface area contributed by atoms with E-state index in [2.05, 4.69) is 67.1 Å². The van der Waals surface area contributed by atoms with Gasteiger partial charge in [-0.3, -0.25) is 0 Å². The zero-order valence-corrected chi connectivity index (χ0v) is 14.0. The van der Waals surface area contributed by atoms with Gasteiger partial charge in [-0.2, -0.15) is 10.0 Å². The van der Waals surface area contributed by atoms with Gasteiger partial charge in [0.25, 0.3) is 0 Å². The zero-order valence-electron chi connectivity index (χ0n) is 13.2. The van der Waals surface area contributed by atoms with E-state index in [1.54, 1.807) is 5.56 Å². The molecule has 0 heterocycles. The van der Waals surface area contributed by atoms with Crippen LogP contribution in [0.2, 0.25) is 0 Å². The van der Waals surface area contributed by atoms with Crippen LogP contribution in [0.15, 0.2) is 64.4 Å². The zero-order chi connectivity index (χ0) is 14.7. The quantitative estimate of drug-likeness (QED) is 0.631. The Hall–Kier alpha value is -1.21. The molecular weight excluding hydrogens is 272 g/mol. The maximum absolute atomic E-state index is 2.40. The average molecular weight is 298 g/mol. The molecule has 1 aliphatic rings. The van der Waals surface area contributed by atoms with Gasteiger partial charge in [-0.1, -0.05) is 49.6 Å². The van der Waals surface area contributed by atoms with E-state index in [1.165, 1.54) is 41.9 Å². The van der Waals surface area contributed by atoms with Gasteiger partial charge in [0.05, 0.1) is 0 Å². The van der Waals surface area contributed by atoms with Gasteiger partial charge in [-0.15, -0.1) is 0 Å². The summed E-state index contributed by atoms with van der Waals surface area (Å²) >= 11 is 0. The summed E-state index contributed by atoms with van der Waals surface area (Å²) in [6, 6.07) is 20.5. The smallest absolute Gasteiger partial charge is 0.00639 e. The summed E-state index contributed by atoms with van der Waals surface area (Å²) in [6.07, 6.45) is 11.8. The first kappa shape index (κ1) is 14.7. The van der Waals surface area contributed by atoms with Crippen LogP contribution in [0.5, 0.6) is 0 Å². The average Bonchev–Trinajstić information content (AvgIpc) is 2.57. The van der Waals surface area contributed by atoms with Crippen LogP contribution in [0.1, 0.15) is 43.6 Å². The molecule has 2 aromatic carbocycles. The van der Waals surface area contributed by atoms with Crippen molar-refractivity contribution in [2.75, 3.05) is 12.5 Å². The molecule has 0 N–H and O–H groups in total. The lowest BCUT2D eigenvalue weighted by Gasteiger charge is -2.33. The first-order valence-electron chi connectivity index (χ1n) is 8.06. The molecule has 1 fully saturated rings. The van der Waals surface area contributed by atoms with Crippen LogP contribution < -0.4 is 0 Å². The van der Waals surface area contributed by atoms with Crippen molar-refractivity contribution in [3.63, 3.8) is 0 Å². The third-order valence-corrected chi connectivity index (χ3v) is 7.78. The van der Waals surface area contributed by atoms with Crippen molar-refractivity contribution in [3.8, 4) is 0 Å². The van der Waals surface area contributed by atoms with E-state index in [1.807, 2.05) is 0 Å². The van der Waals surface area contributed by atoms with Crippen molar-refractivity contribution < 1.29 is 0 Å². The molecule has 1 aliphatic carbocycles. The second kappa shape index (κ2) is 6.27. The minimum atomic E-state index is -0.886. The van der Waals surface area contributed by atoms with Gasteiger partial charge in [-0.05, 0) is 70.9 Å². The van der Waals surface area contributed by atoms with Gasteiger partial charge >= 0.3 is 0 Å². The Bertz CT molecular complexity index is 563. The maximum Gasteiger partial charge on any atom is -0.00639 e. The molecule has 2 aromatic rings. The first-order valence-corrected chi connectivity index (χ1v) is 10.5. The predicted molar refractivity (Wildman–Crippen MR) is 94.7 cm³/mol. The minimum absolute atomic E-state index is 0.808. The van der Waals surface area contributed by atoms with Crippen LogP contribution in [0.3, 0.4) is 0 Å². The van der Waals surface area contributed by atoms with Gasteiger partial charge in [0.2, 0.25) is 0 Å². The van der Waals surface area contributed by atoms with Crippen molar-refractivity contribution in [1.29, 1.82) is 0 Å². The molecule has 1 heteroatoms. The number of hydrogen-bond acceptors (Lipinski definition) is 0. The third kappa shape index (κ3) is 3.18. The molecule has 0 amide bonds. The summed E-state index contributed by atoms with van der Waals surface area (Å²) < 4.78 is 0. The molecule has 0 radical (unpaired) electrons. The van der Waals surface area contributed by atoms with Crippen LogP contribution in [0.25, 0.3) is 0 Å². The highest BCUT2D eigenvalue weighted by Crippen LogP contribution is 2.56. The van der Waals surface area contributed by atoms with Crippen molar-refractivity contribution in [3.05, 3.63) is 60.2 Å². The molecule has 1 saturated carbocycles. The van der Waals surface area contributed by atoms with Gasteiger partial charge in [0.15, 0.2) is 0 Å². The third-order valence-electron chi connectivity index (χ3n) is 4.88. The molecule has 0 nitrogen and oxygen atoms in total. The lowest BCUT2D eigenvalue weighted by molar-refractivity contribution is 0.443. The van der Waals surface area contributed by atoms with Crippen molar-refractivity contribution in [1.82, 2.24) is 0 Å². The van der Waals surface area contributed by atoms with Gasteiger partial charge < -0.3 is 0 Å². The fourth-order valence-electron chi connectivity index (χ4n) is 3.41. The van der Waals surface area contributed by atoms with Crippen molar-refractivity contribution >= 4 is 10.0 Å². The highest BCUT2D eigenvalue weighted by atomic mass is 32.3. The fraction of sp³-hybridized carbons (Fsp3) is 0.400. The molecule has 0 spiro atoms. The molecule has 21 heavy (non-hydrogen) atoms. The van der Waals surface area contributed by atoms with Crippen LogP contribution >= 0.6 is 10.0 Å². The lowest BCUT2D eigenvalue weighted by atomic mass is 9.84. The number of hydrogen-bond donors (Lipinski definition) is 0. The van der Waals surface area contributed by atoms with Crippen molar-refractivity contribution in [2.24, 2.45) is 0 Å². The molecular formula is C20H26S. The Morgan fingerprint density at radius 2 is 1.29 bits per heavy atom. The molecule has 0 saturated heterocycles. The molecule has 0 unspecified atom stereocenters. The predicted octanol–water partition coefficient (Wildman–Crippen LogP) is 6.22. The Morgan fingerprint density at radius 1 is 0.714 bits per heavy atom. The Balaban J connectivity index is 1.83. The molecule has 0 aliphatic heterocycles. The summed E-state index contributed by atoms with van der Waals surface area (Å²) in [7, 11) is -0.886. The Morgan fingerprint density at radius 3 is 1.90 bits per heavy atom. The maximum atomic E-state index is 2.40. The monoisotopic (exact) mass is 298 g/mol. The second-order valence-electron chi connectivity index (χ2n) is 6.54. The number of benzene rings is 2. The SMILES string of the molecule is CS(C)(c1ccccc1)c1ccc(C2CCCCC2)cc1. The standard InChI is InChI=1S/C20H26S/c1-21(2,19-11-7-4-8-12-19)20-15-13-18(14-16-20)17-9-5-3-6-10-17/h4,7-8,11-17H,3,5-6,9-10H2,1-2H3. The summed E-state index contributed by atoms with van der Waals surface area (Å²) in [5.41, 5.74) is 1.56.